The predicted octanol–water partition coefficient (Wildman–Crippen LogP) is 2.12. The number of sulfonamides is 1. The van der Waals surface area contributed by atoms with Gasteiger partial charge in [0.2, 0.25) is 15.9 Å². The Bertz CT molecular complexity index is 1100. The first-order valence-electron chi connectivity index (χ1n) is 10.2. The van der Waals surface area contributed by atoms with Gasteiger partial charge in [0, 0.05) is 31.4 Å². The van der Waals surface area contributed by atoms with E-state index in [1.54, 1.807) is 12.1 Å². The number of likely N-dealkylation sites (N-methyl/N-ethyl adjacent to an activating group) is 1. The molecular weight excluding hydrogens is 437 g/mol. The summed E-state index contributed by atoms with van der Waals surface area (Å²) in [7, 11) is -2.34. The van der Waals surface area contributed by atoms with Gasteiger partial charge in [-0.15, -0.1) is 0 Å². The number of aryl methyl sites for hydroxylation is 1. The zero-order valence-electron chi connectivity index (χ0n) is 18.0. The van der Waals surface area contributed by atoms with E-state index in [9.17, 15) is 22.4 Å². The molecule has 32 heavy (non-hydrogen) atoms. The molecule has 2 aromatic carbocycles. The summed E-state index contributed by atoms with van der Waals surface area (Å²) in [5.74, 6) is -1.49. The van der Waals surface area contributed by atoms with Gasteiger partial charge in [-0.1, -0.05) is 19.1 Å². The number of hydrogen-bond donors (Lipinski definition) is 1. The maximum Gasteiger partial charge on any atom is 0.254 e. The summed E-state index contributed by atoms with van der Waals surface area (Å²) in [6.07, 6.45) is 0.485. The number of amides is 2. The topological polar surface area (TPSA) is 96.0 Å². The molecule has 0 spiro atoms. The Labute approximate surface area is 187 Å². The van der Waals surface area contributed by atoms with E-state index in [1.807, 2.05) is 6.92 Å². The van der Waals surface area contributed by atoms with Crippen molar-refractivity contribution >= 4 is 27.5 Å². The first-order valence-corrected chi connectivity index (χ1v) is 11.7. The summed E-state index contributed by atoms with van der Waals surface area (Å²) in [5.41, 5.74) is 1.05. The van der Waals surface area contributed by atoms with Gasteiger partial charge < -0.3 is 15.0 Å². The number of carbonyl (C=O) groups excluding carboxylic acids is 2. The lowest BCUT2D eigenvalue weighted by atomic mass is 10.1. The predicted molar refractivity (Wildman–Crippen MR) is 117 cm³/mol. The van der Waals surface area contributed by atoms with Crippen molar-refractivity contribution in [1.82, 2.24) is 9.21 Å². The molecule has 0 unspecified atom stereocenters. The highest BCUT2D eigenvalue weighted by Crippen LogP contribution is 2.24. The van der Waals surface area contributed by atoms with E-state index in [2.05, 4.69) is 5.32 Å². The third-order valence-corrected chi connectivity index (χ3v) is 7.10. The second-order valence-corrected chi connectivity index (χ2v) is 9.32. The molecule has 0 bridgehead atoms. The molecule has 0 radical (unpaired) electrons. The molecule has 1 aliphatic rings. The summed E-state index contributed by atoms with van der Waals surface area (Å²) < 4.78 is 46.2. The second-order valence-electron chi connectivity index (χ2n) is 7.41. The van der Waals surface area contributed by atoms with Crippen molar-refractivity contribution < 1.29 is 27.1 Å². The van der Waals surface area contributed by atoms with Gasteiger partial charge in [0.25, 0.3) is 5.91 Å². The van der Waals surface area contributed by atoms with Crippen LogP contribution in [-0.4, -0.2) is 69.3 Å². The first-order chi connectivity index (χ1) is 15.2. The molecular formula is C22H26FN3O5S. The molecule has 172 valence electrons. The molecule has 8 nitrogen and oxygen atoms in total. The summed E-state index contributed by atoms with van der Waals surface area (Å²) in [6, 6.07) is 9.98. The van der Waals surface area contributed by atoms with Crippen molar-refractivity contribution in [2.75, 3.05) is 45.2 Å². The number of benzene rings is 2. The van der Waals surface area contributed by atoms with E-state index >= 15 is 0 Å². The Hall–Kier alpha value is -2.82. The average molecular weight is 464 g/mol. The number of carbonyl (C=O) groups is 2. The SMILES string of the molecule is CCc1ccc(C(=O)N(C)CC(=O)Nc2cccc(F)c2)cc1S(=O)(=O)N1CCOCC1. The number of rotatable bonds is 7. The highest BCUT2D eigenvalue weighted by Gasteiger charge is 2.29. The van der Waals surface area contributed by atoms with E-state index in [0.29, 0.717) is 25.2 Å². The van der Waals surface area contributed by atoms with E-state index in [-0.39, 0.29) is 35.8 Å². The lowest BCUT2D eigenvalue weighted by molar-refractivity contribution is -0.116. The quantitative estimate of drug-likeness (QED) is 0.679. The van der Waals surface area contributed by atoms with Crippen LogP contribution in [0.25, 0.3) is 0 Å². The van der Waals surface area contributed by atoms with Gasteiger partial charge in [0.15, 0.2) is 0 Å². The van der Waals surface area contributed by atoms with Crippen molar-refractivity contribution in [3.05, 3.63) is 59.4 Å². The van der Waals surface area contributed by atoms with Gasteiger partial charge in [-0.25, -0.2) is 12.8 Å². The molecule has 1 heterocycles. The minimum Gasteiger partial charge on any atom is -0.379 e. The lowest BCUT2D eigenvalue weighted by Gasteiger charge is -2.27. The Balaban J connectivity index is 1.77. The second kappa shape index (κ2) is 10.2. The van der Waals surface area contributed by atoms with Crippen molar-refractivity contribution in [3.63, 3.8) is 0 Å². The van der Waals surface area contributed by atoms with Crippen LogP contribution in [0.4, 0.5) is 10.1 Å². The van der Waals surface area contributed by atoms with Crippen LogP contribution in [0.3, 0.4) is 0 Å². The van der Waals surface area contributed by atoms with E-state index in [4.69, 9.17) is 4.74 Å². The number of ether oxygens (including phenoxy) is 1. The van der Waals surface area contributed by atoms with Crippen LogP contribution in [0, 0.1) is 5.82 Å². The summed E-state index contributed by atoms with van der Waals surface area (Å²) >= 11 is 0. The van der Waals surface area contributed by atoms with Crippen molar-refractivity contribution in [3.8, 4) is 0 Å². The minimum absolute atomic E-state index is 0.0883. The highest BCUT2D eigenvalue weighted by atomic mass is 32.2. The van der Waals surface area contributed by atoms with Crippen molar-refractivity contribution in [1.29, 1.82) is 0 Å². The smallest absolute Gasteiger partial charge is 0.254 e. The number of nitrogens with zero attached hydrogens (tertiary/aromatic N) is 2. The van der Waals surface area contributed by atoms with Crippen molar-refractivity contribution in [2.45, 2.75) is 18.2 Å². The first kappa shape index (κ1) is 23.8. The van der Waals surface area contributed by atoms with Crippen LogP contribution >= 0.6 is 0 Å². The highest BCUT2D eigenvalue weighted by molar-refractivity contribution is 7.89. The Kier molecular flexibility index (Phi) is 7.60. The molecule has 1 N–H and O–H groups in total. The Morgan fingerprint density at radius 3 is 2.53 bits per heavy atom. The van der Waals surface area contributed by atoms with Gasteiger partial charge in [-0.05, 0) is 42.3 Å². The lowest BCUT2D eigenvalue weighted by Crippen LogP contribution is -2.41. The number of halogens is 1. The van der Waals surface area contributed by atoms with Gasteiger partial charge in [0.1, 0.15) is 5.82 Å². The monoisotopic (exact) mass is 463 g/mol. The van der Waals surface area contributed by atoms with E-state index in [0.717, 1.165) is 0 Å². The third-order valence-electron chi connectivity index (χ3n) is 5.12. The Morgan fingerprint density at radius 1 is 1.16 bits per heavy atom. The minimum atomic E-state index is -3.79. The average Bonchev–Trinajstić information content (AvgIpc) is 2.78. The van der Waals surface area contributed by atoms with Crippen LogP contribution in [-0.2, 0) is 26.0 Å². The summed E-state index contributed by atoms with van der Waals surface area (Å²) in [5, 5.41) is 2.53. The zero-order valence-corrected chi connectivity index (χ0v) is 18.8. The molecule has 2 aromatic rings. The zero-order chi connectivity index (χ0) is 23.3. The standard InChI is InChI=1S/C22H26FN3O5S/c1-3-16-7-8-17(13-20(16)32(29,30)26-9-11-31-12-10-26)22(28)25(2)15-21(27)24-19-6-4-5-18(23)14-19/h4-8,13-14H,3,9-12,15H2,1-2H3,(H,24,27). The van der Waals surface area contributed by atoms with Crippen LogP contribution in [0.5, 0.6) is 0 Å². The van der Waals surface area contributed by atoms with Gasteiger partial charge in [-0.2, -0.15) is 4.31 Å². The van der Waals surface area contributed by atoms with E-state index < -0.39 is 27.7 Å². The number of nitrogens with one attached hydrogen (secondary N) is 1. The van der Waals surface area contributed by atoms with Crippen LogP contribution in [0.1, 0.15) is 22.8 Å². The number of morpholine rings is 1. The molecule has 10 heteroatoms. The van der Waals surface area contributed by atoms with Crippen LogP contribution in [0.2, 0.25) is 0 Å². The largest absolute Gasteiger partial charge is 0.379 e. The molecule has 0 aliphatic carbocycles. The molecule has 0 aromatic heterocycles. The molecule has 1 saturated heterocycles. The van der Waals surface area contributed by atoms with Gasteiger partial charge in [0.05, 0.1) is 24.7 Å². The maximum atomic E-state index is 13.3. The van der Waals surface area contributed by atoms with E-state index in [1.165, 1.54) is 46.6 Å². The fourth-order valence-electron chi connectivity index (χ4n) is 3.42. The number of hydrogen-bond acceptors (Lipinski definition) is 5. The van der Waals surface area contributed by atoms with Gasteiger partial charge in [-0.3, -0.25) is 9.59 Å². The molecule has 1 aliphatic heterocycles. The third kappa shape index (κ3) is 5.50. The van der Waals surface area contributed by atoms with Crippen LogP contribution < -0.4 is 5.32 Å². The summed E-state index contributed by atoms with van der Waals surface area (Å²) in [6.45, 7) is 2.72. The van der Waals surface area contributed by atoms with Crippen molar-refractivity contribution in [2.24, 2.45) is 0 Å². The summed E-state index contributed by atoms with van der Waals surface area (Å²) in [4.78, 5) is 26.4. The Morgan fingerprint density at radius 2 is 1.88 bits per heavy atom. The fraction of sp³-hybridized carbons (Fsp3) is 0.364. The fourth-order valence-corrected chi connectivity index (χ4v) is 5.15. The maximum absolute atomic E-state index is 13.3. The normalized spacial score (nSPS) is 14.7. The molecule has 1 fully saturated rings. The van der Waals surface area contributed by atoms with Gasteiger partial charge >= 0.3 is 0 Å². The van der Waals surface area contributed by atoms with Crippen LogP contribution in [0.15, 0.2) is 47.4 Å². The molecule has 3 rings (SSSR count). The molecule has 0 saturated carbocycles. The number of anilines is 1. The molecule has 2 amide bonds. The molecule has 0 atom stereocenters.